The van der Waals surface area contributed by atoms with Crippen molar-refractivity contribution in [3.63, 3.8) is 0 Å². The number of carbonyl (C=O) groups is 2. The zero-order chi connectivity index (χ0) is 24.8. The molecule has 3 aliphatic heterocycles. The molecule has 0 bridgehead atoms. The van der Waals surface area contributed by atoms with E-state index in [9.17, 15) is 9.59 Å². The Balaban J connectivity index is 1.30. The fraction of sp³-hybridized carbons (Fsp3) is 0.429. The lowest BCUT2D eigenvalue weighted by molar-refractivity contribution is -0.128. The number of hydrogen-bond donors (Lipinski definition) is 1. The number of aromatic amines is 1. The van der Waals surface area contributed by atoms with Gasteiger partial charge in [0.2, 0.25) is 0 Å². The number of likely N-dealkylation sites (N-methyl/N-ethyl adjacent to an activating group) is 1. The van der Waals surface area contributed by atoms with Crippen LogP contribution in [0.1, 0.15) is 29.3 Å². The number of benzene rings is 2. The third-order valence-electron chi connectivity index (χ3n) is 8.02. The summed E-state index contributed by atoms with van der Waals surface area (Å²) in [6, 6.07) is 15.0. The number of imide groups is 1. The Bertz CT molecular complexity index is 1280. The first kappa shape index (κ1) is 23.1. The van der Waals surface area contributed by atoms with Crippen LogP contribution in [0.3, 0.4) is 0 Å². The second-order valence-electron chi connectivity index (χ2n) is 10.1. The number of hydrogen-bond acceptors (Lipinski definition) is 5. The van der Waals surface area contributed by atoms with Gasteiger partial charge >= 0.3 is 6.03 Å². The minimum atomic E-state index is -0.486. The van der Waals surface area contributed by atoms with E-state index < -0.39 is 6.04 Å². The highest BCUT2D eigenvalue weighted by atomic mass is 16.5. The molecule has 2 fully saturated rings. The Kier molecular flexibility index (Phi) is 5.93. The molecule has 3 aromatic rings. The highest BCUT2D eigenvalue weighted by Crippen LogP contribution is 2.44. The number of nitrogens with one attached hydrogen (secondary N) is 1. The normalized spacial score (nSPS) is 22.8. The topological polar surface area (TPSA) is 72.1 Å². The van der Waals surface area contributed by atoms with Crippen LogP contribution in [0.25, 0.3) is 10.9 Å². The van der Waals surface area contributed by atoms with Crippen LogP contribution in [0.15, 0.2) is 48.5 Å². The van der Waals surface area contributed by atoms with Crippen molar-refractivity contribution in [2.45, 2.75) is 24.9 Å². The molecule has 8 heteroatoms. The lowest BCUT2D eigenvalue weighted by Gasteiger charge is -2.36. The number of carbonyl (C=O) groups excluding carboxylic acids is 2. The van der Waals surface area contributed by atoms with E-state index in [1.807, 2.05) is 36.4 Å². The van der Waals surface area contributed by atoms with Crippen LogP contribution in [-0.4, -0.2) is 96.0 Å². The van der Waals surface area contributed by atoms with E-state index in [0.717, 1.165) is 72.6 Å². The second-order valence-corrected chi connectivity index (χ2v) is 10.1. The Morgan fingerprint density at radius 2 is 1.72 bits per heavy atom. The van der Waals surface area contributed by atoms with E-state index >= 15 is 0 Å². The zero-order valence-corrected chi connectivity index (χ0v) is 20.9. The number of fused-ring (bicyclic) bond motifs is 4. The molecule has 0 aliphatic carbocycles. The number of rotatable bonds is 6. The summed E-state index contributed by atoms with van der Waals surface area (Å²) in [5, 5.41) is 1.12. The van der Waals surface area contributed by atoms with Crippen molar-refractivity contribution in [1.29, 1.82) is 0 Å². The van der Waals surface area contributed by atoms with Gasteiger partial charge in [-0.05, 0) is 49.3 Å². The molecule has 0 saturated carbocycles. The van der Waals surface area contributed by atoms with Gasteiger partial charge in [0.1, 0.15) is 17.8 Å². The number of urea groups is 1. The number of nitrogens with zero attached hydrogens (tertiary/aromatic N) is 4. The number of amides is 3. The summed E-state index contributed by atoms with van der Waals surface area (Å²) in [6.45, 7) is 5.56. The van der Waals surface area contributed by atoms with Crippen LogP contribution in [-0.2, 0) is 11.2 Å². The Morgan fingerprint density at radius 3 is 2.47 bits per heavy atom. The van der Waals surface area contributed by atoms with Gasteiger partial charge in [-0.1, -0.05) is 30.3 Å². The van der Waals surface area contributed by atoms with Crippen molar-refractivity contribution in [3.8, 4) is 5.75 Å². The average Bonchev–Trinajstić information content (AvgIpc) is 3.39. The van der Waals surface area contributed by atoms with Crippen LogP contribution in [0.4, 0.5) is 4.79 Å². The third kappa shape index (κ3) is 3.85. The summed E-state index contributed by atoms with van der Waals surface area (Å²) < 4.78 is 5.36. The molecule has 188 valence electrons. The van der Waals surface area contributed by atoms with Crippen LogP contribution in [0, 0.1) is 0 Å². The van der Waals surface area contributed by atoms with Crippen molar-refractivity contribution in [2.24, 2.45) is 0 Å². The van der Waals surface area contributed by atoms with E-state index in [4.69, 9.17) is 4.74 Å². The highest BCUT2D eigenvalue weighted by Gasteiger charge is 2.52. The van der Waals surface area contributed by atoms with Crippen molar-refractivity contribution in [1.82, 2.24) is 24.6 Å². The SMILES string of the molecule is COc1ccc([C@H]2c3[nH]c4ccccc4c3C[C@H]3C(=O)N(CCCN4CCN(C)CC4)C(=O)N23)cc1. The fourth-order valence-corrected chi connectivity index (χ4v) is 5.99. The number of piperazine rings is 1. The number of H-pyrrole nitrogens is 1. The van der Waals surface area contributed by atoms with E-state index in [2.05, 4.69) is 34.0 Å². The van der Waals surface area contributed by atoms with Gasteiger partial charge in [0.15, 0.2) is 0 Å². The van der Waals surface area contributed by atoms with Gasteiger partial charge in [0, 0.05) is 55.7 Å². The second kappa shape index (κ2) is 9.26. The van der Waals surface area contributed by atoms with Crippen molar-refractivity contribution in [2.75, 3.05) is 53.4 Å². The molecule has 2 atom stereocenters. The predicted octanol–water partition coefficient (Wildman–Crippen LogP) is 3.09. The fourth-order valence-electron chi connectivity index (χ4n) is 5.99. The number of aromatic nitrogens is 1. The van der Waals surface area contributed by atoms with Gasteiger partial charge in [-0.2, -0.15) is 0 Å². The van der Waals surface area contributed by atoms with Crippen LogP contribution >= 0.6 is 0 Å². The Morgan fingerprint density at radius 1 is 0.972 bits per heavy atom. The Hall–Kier alpha value is -3.36. The molecule has 1 aromatic heterocycles. The van der Waals surface area contributed by atoms with Gasteiger partial charge in [-0.3, -0.25) is 14.6 Å². The van der Waals surface area contributed by atoms with E-state index in [1.54, 1.807) is 12.0 Å². The molecule has 4 heterocycles. The number of methoxy groups -OCH3 is 1. The van der Waals surface area contributed by atoms with Crippen LogP contribution < -0.4 is 4.74 Å². The number of para-hydroxylation sites is 1. The zero-order valence-electron chi connectivity index (χ0n) is 20.9. The van der Waals surface area contributed by atoms with Crippen molar-refractivity contribution in [3.05, 3.63) is 65.4 Å². The average molecular weight is 488 g/mol. The third-order valence-corrected chi connectivity index (χ3v) is 8.02. The standard InChI is InChI=1S/C28H33N5O3/c1-30-14-16-31(17-15-30)12-5-13-32-27(34)24-18-22-21-6-3-4-7-23(21)29-25(22)26(33(24)28(32)35)19-8-10-20(36-2)11-9-19/h3-4,6-11,24,26,29H,5,12-18H2,1-2H3/t24-,26-/m0/s1. The quantitative estimate of drug-likeness (QED) is 0.541. The maximum absolute atomic E-state index is 13.8. The summed E-state index contributed by atoms with van der Waals surface area (Å²) in [6.07, 6.45) is 1.33. The molecule has 8 nitrogen and oxygen atoms in total. The van der Waals surface area contributed by atoms with Gasteiger partial charge < -0.3 is 19.5 Å². The summed E-state index contributed by atoms with van der Waals surface area (Å²) in [4.78, 5) is 39.0. The summed E-state index contributed by atoms with van der Waals surface area (Å²) in [7, 11) is 3.79. The summed E-state index contributed by atoms with van der Waals surface area (Å²) in [5.41, 5.74) is 4.13. The van der Waals surface area contributed by atoms with Crippen molar-refractivity contribution < 1.29 is 14.3 Å². The van der Waals surface area contributed by atoms with Gasteiger partial charge in [-0.25, -0.2) is 4.79 Å². The lowest BCUT2D eigenvalue weighted by Crippen LogP contribution is -2.45. The predicted molar refractivity (Wildman–Crippen MR) is 138 cm³/mol. The molecule has 2 saturated heterocycles. The molecule has 2 aromatic carbocycles. The maximum Gasteiger partial charge on any atom is 0.328 e. The van der Waals surface area contributed by atoms with Gasteiger partial charge in [-0.15, -0.1) is 0 Å². The van der Waals surface area contributed by atoms with E-state index in [1.165, 1.54) is 4.90 Å². The highest BCUT2D eigenvalue weighted by molar-refractivity contribution is 6.05. The smallest absolute Gasteiger partial charge is 0.328 e. The molecule has 6 rings (SSSR count). The molecule has 3 amide bonds. The first-order valence-corrected chi connectivity index (χ1v) is 12.8. The van der Waals surface area contributed by atoms with Crippen LogP contribution in [0.5, 0.6) is 5.75 Å². The molecule has 1 N–H and O–H groups in total. The molecular weight excluding hydrogens is 454 g/mol. The first-order valence-electron chi connectivity index (χ1n) is 12.8. The lowest BCUT2D eigenvalue weighted by atomic mass is 9.89. The van der Waals surface area contributed by atoms with E-state index in [-0.39, 0.29) is 18.0 Å². The van der Waals surface area contributed by atoms with E-state index in [0.29, 0.717) is 13.0 Å². The minimum absolute atomic E-state index is 0.0761. The monoisotopic (exact) mass is 487 g/mol. The molecule has 3 aliphatic rings. The number of ether oxygens (including phenoxy) is 1. The van der Waals surface area contributed by atoms with Gasteiger partial charge in [0.05, 0.1) is 7.11 Å². The summed E-state index contributed by atoms with van der Waals surface area (Å²) >= 11 is 0. The molecule has 0 unspecified atom stereocenters. The minimum Gasteiger partial charge on any atom is -0.497 e. The molecule has 0 spiro atoms. The van der Waals surface area contributed by atoms with Gasteiger partial charge in [0.25, 0.3) is 5.91 Å². The summed E-state index contributed by atoms with van der Waals surface area (Å²) in [5.74, 6) is 0.685. The maximum atomic E-state index is 13.8. The van der Waals surface area contributed by atoms with Crippen LogP contribution in [0.2, 0.25) is 0 Å². The van der Waals surface area contributed by atoms with Crippen molar-refractivity contribution >= 4 is 22.8 Å². The molecule has 0 radical (unpaired) electrons. The Labute approximate surface area is 211 Å². The largest absolute Gasteiger partial charge is 0.497 e. The first-order chi connectivity index (χ1) is 17.5. The molecule has 36 heavy (non-hydrogen) atoms. The molecular formula is C28H33N5O3.